The molecule has 1 amide bonds. The second-order valence-corrected chi connectivity index (χ2v) is 4.73. The van der Waals surface area contributed by atoms with Crippen molar-refractivity contribution in [3.63, 3.8) is 0 Å². The maximum atomic E-state index is 11.8. The summed E-state index contributed by atoms with van der Waals surface area (Å²) in [5.41, 5.74) is 0. The first-order valence-electron chi connectivity index (χ1n) is 5.66. The van der Waals surface area contributed by atoms with E-state index in [4.69, 9.17) is 0 Å². The summed E-state index contributed by atoms with van der Waals surface area (Å²) < 4.78 is 0. The molecule has 1 heterocycles. The molecule has 0 aromatic carbocycles. The Balaban J connectivity index is 2.38. The molecule has 2 atom stereocenters. The fraction of sp³-hybridized carbons (Fsp3) is 0.909. The molecular weight excluding hydrogens is 192 g/mol. The topological polar surface area (TPSA) is 52.6 Å². The molecule has 4 nitrogen and oxygen atoms in total. The van der Waals surface area contributed by atoms with Crippen LogP contribution in [0.25, 0.3) is 0 Å². The highest BCUT2D eigenvalue weighted by Gasteiger charge is 2.30. The van der Waals surface area contributed by atoms with Gasteiger partial charge >= 0.3 is 0 Å². The number of amides is 1. The van der Waals surface area contributed by atoms with Gasteiger partial charge in [0.15, 0.2) is 0 Å². The quantitative estimate of drug-likeness (QED) is 0.703. The van der Waals surface area contributed by atoms with Gasteiger partial charge in [-0.1, -0.05) is 13.8 Å². The Morgan fingerprint density at radius 3 is 2.67 bits per heavy atom. The molecule has 0 aliphatic carbocycles. The van der Waals surface area contributed by atoms with E-state index in [1.807, 2.05) is 0 Å². The minimum absolute atomic E-state index is 0.0512. The average molecular weight is 214 g/mol. The average Bonchev–Trinajstić information content (AvgIpc) is 2.59. The minimum Gasteiger partial charge on any atom is -0.390 e. The van der Waals surface area contributed by atoms with Gasteiger partial charge in [-0.15, -0.1) is 0 Å². The number of hydrogen-bond donors (Lipinski definition) is 2. The van der Waals surface area contributed by atoms with Crippen LogP contribution >= 0.6 is 0 Å². The molecule has 1 aliphatic heterocycles. The van der Waals surface area contributed by atoms with E-state index in [2.05, 4.69) is 19.2 Å². The van der Waals surface area contributed by atoms with Crippen LogP contribution < -0.4 is 5.32 Å². The van der Waals surface area contributed by atoms with E-state index in [0.717, 1.165) is 6.42 Å². The summed E-state index contributed by atoms with van der Waals surface area (Å²) in [5, 5.41) is 12.7. The summed E-state index contributed by atoms with van der Waals surface area (Å²) in [6.45, 7) is 5.51. The predicted molar refractivity (Wildman–Crippen MR) is 59.5 cm³/mol. The molecule has 1 rings (SSSR count). The van der Waals surface area contributed by atoms with E-state index >= 15 is 0 Å². The number of aliphatic hydroxyl groups excluding tert-OH is 1. The summed E-state index contributed by atoms with van der Waals surface area (Å²) in [6, 6.07) is -0.0512. The van der Waals surface area contributed by atoms with Crippen molar-refractivity contribution in [1.29, 1.82) is 0 Å². The lowest BCUT2D eigenvalue weighted by Crippen LogP contribution is -2.44. The molecule has 2 unspecified atom stereocenters. The van der Waals surface area contributed by atoms with E-state index in [1.54, 1.807) is 11.9 Å². The third-order valence-electron chi connectivity index (χ3n) is 2.98. The fourth-order valence-electron chi connectivity index (χ4n) is 1.82. The number of nitrogens with one attached hydrogen (secondary N) is 1. The molecule has 0 aromatic heterocycles. The molecule has 0 radical (unpaired) electrons. The van der Waals surface area contributed by atoms with Gasteiger partial charge in [0.05, 0.1) is 12.1 Å². The van der Waals surface area contributed by atoms with Crippen LogP contribution in [0.3, 0.4) is 0 Å². The third kappa shape index (κ3) is 3.47. The normalized spacial score (nSPS) is 25.9. The zero-order valence-electron chi connectivity index (χ0n) is 9.86. The lowest BCUT2D eigenvalue weighted by Gasteiger charge is -2.26. The number of rotatable bonds is 4. The highest BCUT2D eigenvalue weighted by Crippen LogP contribution is 2.11. The van der Waals surface area contributed by atoms with Gasteiger partial charge in [0.25, 0.3) is 0 Å². The standard InChI is InChI=1S/C11H22N2O2/c1-8(2)4-5-11(15)13(3)9-6-12-7-10(9)14/h8-10,12,14H,4-7H2,1-3H3. The zero-order chi connectivity index (χ0) is 11.4. The summed E-state index contributed by atoms with van der Waals surface area (Å²) in [5.74, 6) is 0.686. The molecule has 4 heteroatoms. The number of carbonyl (C=O) groups excluding carboxylic acids is 1. The molecule has 15 heavy (non-hydrogen) atoms. The van der Waals surface area contributed by atoms with Crippen molar-refractivity contribution in [2.24, 2.45) is 5.92 Å². The lowest BCUT2D eigenvalue weighted by atomic mass is 10.1. The second kappa shape index (κ2) is 5.47. The van der Waals surface area contributed by atoms with Crippen molar-refractivity contribution in [3.05, 3.63) is 0 Å². The van der Waals surface area contributed by atoms with Gasteiger partial charge in [0.1, 0.15) is 0 Å². The molecule has 0 saturated carbocycles. The van der Waals surface area contributed by atoms with E-state index in [9.17, 15) is 9.90 Å². The van der Waals surface area contributed by atoms with Crippen LogP contribution in [0, 0.1) is 5.92 Å². The first-order chi connectivity index (χ1) is 7.02. The van der Waals surface area contributed by atoms with Crippen molar-refractivity contribution in [3.8, 4) is 0 Å². The smallest absolute Gasteiger partial charge is 0.222 e. The van der Waals surface area contributed by atoms with E-state index in [-0.39, 0.29) is 11.9 Å². The Kier molecular flexibility index (Phi) is 4.54. The fourth-order valence-corrected chi connectivity index (χ4v) is 1.82. The number of likely N-dealkylation sites (N-methyl/N-ethyl adjacent to an activating group) is 1. The molecule has 1 saturated heterocycles. The largest absolute Gasteiger partial charge is 0.390 e. The summed E-state index contributed by atoms with van der Waals surface area (Å²) in [4.78, 5) is 13.5. The highest BCUT2D eigenvalue weighted by molar-refractivity contribution is 5.76. The number of hydrogen-bond acceptors (Lipinski definition) is 3. The molecule has 0 bridgehead atoms. The van der Waals surface area contributed by atoms with Gasteiger partial charge in [0, 0.05) is 26.6 Å². The Morgan fingerprint density at radius 2 is 2.20 bits per heavy atom. The van der Waals surface area contributed by atoms with Crippen molar-refractivity contribution < 1.29 is 9.90 Å². The predicted octanol–water partition coefficient (Wildman–Crippen LogP) is 0.214. The molecule has 88 valence electrons. The lowest BCUT2D eigenvalue weighted by molar-refractivity contribution is -0.133. The molecule has 1 fully saturated rings. The molecular formula is C11H22N2O2. The summed E-state index contributed by atoms with van der Waals surface area (Å²) >= 11 is 0. The van der Waals surface area contributed by atoms with Gasteiger partial charge in [-0.3, -0.25) is 4.79 Å². The SMILES string of the molecule is CC(C)CCC(=O)N(C)C1CNCC1O. The number of nitrogens with zero attached hydrogens (tertiary/aromatic N) is 1. The van der Waals surface area contributed by atoms with Crippen LogP contribution in [0.15, 0.2) is 0 Å². The van der Waals surface area contributed by atoms with E-state index in [1.165, 1.54) is 0 Å². The van der Waals surface area contributed by atoms with E-state index < -0.39 is 6.10 Å². The second-order valence-electron chi connectivity index (χ2n) is 4.73. The van der Waals surface area contributed by atoms with Crippen LogP contribution in [-0.4, -0.2) is 48.2 Å². The Morgan fingerprint density at radius 1 is 1.53 bits per heavy atom. The van der Waals surface area contributed by atoms with Crippen LogP contribution in [0.1, 0.15) is 26.7 Å². The van der Waals surface area contributed by atoms with Crippen LogP contribution in [0.5, 0.6) is 0 Å². The van der Waals surface area contributed by atoms with Gasteiger partial charge in [-0.05, 0) is 12.3 Å². The minimum atomic E-state index is -0.419. The van der Waals surface area contributed by atoms with E-state index in [0.29, 0.717) is 25.4 Å². The van der Waals surface area contributed by atoms with Crippen molar-refractivity contribution in [2.45, 2.75) is 38.8 Å². The molecule has 2 N–H and O–H groups in total. The Labute approximate surface area is 91.6 Å². The van der Waals surface area contributed by atoms with Crippen molar-refractivity contribution in [2.75, 3.05) is 20.1 Å². The maximum Gasteiger partial charge on any atom is 0.222 e. The number of aliphatic hydroxyl groups is 1. The van der Waals surface area contributed by atoms with Gasteiger partial charge in [0.2, 0.25) is 5.91 Å². The molecule has 1 aliphatic rings. The molecule has 0 spiro atoms. The van der Waals surface area contributed by atoms with Crippen LogP contribution in [0.2, 0.25) is 0 Å². The van der Waals surface area contributed by atoms with Gasteiger partial charge < -0.3 is 15.3 Å². The van der Waals surface area contributed by atoms with Crippen LogP contribution in [0.4, 0.5) is 0 Å². The monoisotopic (exact) mass is 214 g/mol. The van der Waals surface area contributed by atoms with Crippen molar-refractivity contribution in [1.82, 2.24) is 10.2 Å². The highest BCUT2D eigenvalue weighted by atomic mass is 16.3. The Bertz CT molecular complexity index is 219. The van der Waals surface area contributed by atoms with Crippen molar-refractivity contribution >= 4 is 5.91 Å². The zero-order valence-corrected chi connectivity index (χ0v) is 9.86. The Hall–Kier alpha value is -0.610. The first-order valence-corrected chi connectivity index (χ1v) is 5.66. The number of carbonyl (C=O) groups is 1. The van der Waals surface area contributed by atoms with Gasteiger partial charge in [-0.2, -0.15) is 0 Å². The maximum absolute atomic E-state index is 11.8. The molecule has 0 aromatic rings. The number of β-amino-alcohol motifs (C(OH)–C–C–N with tert-alkyl or cyclic N) is 1. The van der Waals surface area contributed by atoms with Gasteiger partial charge in [-0.25, -0.2) is 0 Å². The third-order valence-corrected chi connectivity index (χ3v) is 2.98. The summed E-state index contributed by atoms with van der Waals surface area (Å²) in [6.07, 6.45) is 1.08. The van der Waals surface area contributed by atoms with Crippen LogP contribution in [-0.2, 0) is 4.79 Å². The first kappa shape index (κ1) is 12.5. The summed E-state index contributed by atoms with van der Waals surface area (Å²) in [7, 11) is 1.78.